The molecule has 5 heteroatoms. The number of hydrogen-bond donors (Lipinski definition) is 2. The highest BCUT2D eigenvalue weighted by atomic mass is 16.2. The minimum atomic E-state index is -0.194. The van der Waals surface area contributed by atoms with Gasteiger partial charge in [0.2, 0.25) is 0 Å². The van der Waals surface area contributed by atoms with Crippen LogP contribution in [0.25, 0.3) is 0 Å². The summed E-state index contributed by atoms with van der Waals surface area (Å²) < 4.78 is 0. The normalized spacial score (nSPS) is 20.1. The Morgan fingerprint density at radius 3 is 2.78 bits per heavy atom. The van der Waals surface area contributed by atoms with Crippen molar-refractivity contribution in [2.45, 2.75) is 25.4 Å². The van der Waals surface area contributed by atoms with Gasteiger partial charge >= 0.3 is 6.03 Å². The van der Waals surface area contributed by atoms with Crippen LogP contribution in [0.4, 0.5) is 4.79 Å². The Bertz CT molecular complexity index is 418. The fraction of sp³-hybridized carbons (Fsp3) is 0.538. The second-order valence-electron chi connectivity index (χ2n) is 5.24. The van der Waals surface area contributed by atoms with E-state index < -0.39 is 0 Å². The van der Waals surface area contributed by atoms with Gasteiger partial charge in [-0.3, -0.25) is 4.98 Å². The Balaban J connectivity index is 2.12. The molecule has 5 nitrogen and oxygen atoms in total. The number of amides is 2. The van der Waals surface area contributed by atoms with Crippen molar-refractivity contribution < 1.29 is 4.79 Å². The molecule has 2 rings (SSSR count). The minimum Gasteiger partial charge on any atom is -0.329 e. The Morgan fingerprint density at radius 1 is 1.50 bits per heavy atom. The largest absolute Gasteiger partial charge is 0.329 e. The standard InChI is InChI=1S/C13H20N4O/c1-13(2,9-14-3)17-8-11(16-12(17)18)10-4-6-15-7-5-10/h4-7,11,14H,8-9H2,1-3H3,(H,16,18). The summed E-state index contributed by atoms with van der Waals surface area (Å²) in [7, 11) is 1.90. The van der Waals surface area contributed by atoms with E-state index in [1.165, 1.54) is 0 Å². The van der Waals surface area contributed by atoms with Gasteiger partial charge in [0, 0.05) is 25.5 Å². The van der Waals surface area contributed by atoms with Crippen LogP contribution in [0, 0.1) is 0 Å². The number of aromatic nitrogens is 1. The van der Waals surface area contributed by atoms with E-state index >= 15 is 0 Å². The van der Waals surface area contributed by atoms with Crippen molar-refractivity contribution in [3.05, 3.63) is 30.1 Å². The van der Waals surface area contributed by atoms with Crippen LogP contribution in [0.5, 0.6) is 0 Å². The maximum Gasteiger partial charge on any atom is 0.318 e. The number of pyridine rings is 1. The van der Waals surface area contributed by atoms with Crippen LogP contribution < -0.4 is 10.6 Å². The van der Waals surface area contributed by atoms with Gasteiger partial charge in [0.25, 0.3) is 0 Å². The van der Waals surface area contributed by atoms with Gasteiger partial charge in [-0.15, -0.1) is 0 Å². The second-order valence-corrected chi connectivity index (χ2v) is 5.24. The lowest BCUT2D eigenvalue weighted by Crippen LogP contribution is -2.51. The molecule has 1 atom stereocenters. The molecule has 98 valence electrons. The molecule has 1 aliphatic heterocycles. The lowest BCUT2D eigenvalue weighted by Gasteiger charge is -2.34. The van der Waals surface area contributed by atoms with E-state index in [4.69, 9.17) is 0 Å². The lowest BCUT2D eigenvalue weighted by atomic mass is 10.0. The second kappa shape index (κ2) is 4.94. The molecule has 0 radical (unpaired) electrons. The molecule has 0 bridgehead atoms. The van der Waals surface area contributed by atoms with Crippen LogP contribution >= 0.6 is 0 Å². The van der Waals surface area contributed by atoms with Crippen molar-refractivity contribution >= 4 is 6.03 Å². The number of nitrogens with zero attached hydrogens (tertiary/aromatic N) is 2. The van der Waals surface area contributed by atoms with Crippen molar-refractivity contribution in [2.75, 3.05) is 20.1 Å². The van der Waals surface area contributed by atoms with Gasteiger partial charge in [-0.1, -0.05) is 0 Å². The van der Waals surface area contributed by atoms with Crippen molar-refractivity contribution in [3.63, 3.8) is 0 Å². The van der Waals surface area contributed by atoms with E-state index in [0.29, 0.717) is 6.54 Å². The highest BCUT2D eigenvalue weighted by molar-refractivity contribution is 5.78. The Hall–Kier alpha value is -1.62. The summed E-state index contributed by atoms with van der Waals surface area (Å²) in [6.07, 6.45) is 3.51. The first kappa shape index (κ1) is 12.8. The Morgan fingerprint density at radius 2 is 2.17 bits per heavy atom. The molecule has 1 fully saturated rings. The molecule has 2 amide bonds. The number of carbonyl (C=O) groups excluding carboxylic acids is 1. The van der Waals surface area contributed by atoms with Gasteiger partial charge in [0.15, 0.2) is 0 Å². The quantitative estimate of drug-likeness (QED) is 0.840. The number of urea groups is 1. The number of hydrogen-bond acceptors (Lipinski definition) is 3. The molecule has 2 N–H and O–H groups in total. The van der Waals surface area contributed by atoms with Crippen LogP contribution in [0.3, 0.4) is 0 Å². The van der Waals surface area contributed by atoms with E-state index in [1.54, 1.807) is 12.4 Å². The van der Waals surface area contributed by atoms with E-state index in [9.17, 15) is 4.79 Å². The zero-order valence-corrected chi connectivity index (χ0v) is 11.1. The smallest absolute Gasteiger partial charge is 0.318 e. The fourth-order valence-electron chi connectivity index (χ4n) is 2.37. The maximum atomic E-state index is 12.1. The Kier molecular flexibility index (Phi) is 3.52. The average Bonchev–Trinajstić information content (AvgIpc) is 2.73. The van der Waals surface area contributed by atoms with Gasteiger partial charge < -0.3 is 15.5 Å². The highest BCUT2D eigenvalue weighted by Crippen LogP contribution is 2.25. The Labute approximate surface area is 108 Å². The van der Waals surface area contributed by atoms with Crippen molar-refractivity contribution in [3.8, 4) is 0 Å². The summed E-state index contributed by atoms with van der Waals surface area (Å²) in [6.45, 7) is 5.59. The predicted molar refractivity (Wildman–Crippen MR) is 70.2 cm³/mol. The minimum absolute atomic E-state index is 0.00272. The molecule has 1 unspecified atom stereocenters. The number of carbonyl (C=O) groups is 1. The maximum absolute atomic E-state index is 12.1. The van der Waals surface area contributed by atoms with Crippen LogP contribution in [-0.2, 0) is 0 Å². The molecule has 18 heavy (non-hydrogen) atoms. The van der Waals surface area contributed by atoms with Gasteiger partial charge in [-0.25, -0.2) is 4.79 Å². The van der Waals surface area contributed by atoms with E-state index in [2.05, 4.69) is 29.5 Å². The molecular formula is C13H20N4O. The molecular weight excluding hydrogens is 228 g/mol. The van der Waals surface area contributed by atoms with Gasteiger partial charge in [-0.05, 0) is 38.6 Å². The average molecular weight is 248 g/mol. The van der Waals surface area contributed by atoms with Gasteiger partial charge in [0.1, 0.15) is 0 Å². The van der Waals surface area contributed by atoms with Gasteiger partial charge in [0.05, 0.1) is 11.6 Å². The first-order valence-electron chi connectivity index (χ1n) is 6.17. The van der Waals surface area contributed by atoms with Crippen LogP contribution in [0.1, 0.15) is 25.5 Å². The highest BCUT2D eigenvalue weighted by Gasteiger charge is 2.38. The van der Waals surface area contributed by atoms with Crippen molar-refractivity contribution in [1.82, 2.24) is 20.5 Å². The van der Waals surface area contributed by atoms with E-state index in [1.807, 2.05) is 24.1 Å². The third kappa shape index (κ3) is 2.46. The van der Waals surface area contributed by atoms with E-state index in [-0.39, 0.29) is 17.6 Å². The number of nitrogens with one attached hydrogen (secondary N) is 2. The molecule has 0 aliphatic carbocycles. The number of likely N-dealkylation sites (N-methyl/N-ethyl adjacent to an activating group) is 1. The zero-order chi connectivity index (χ0) is 13.2. The monoisotopic (exact) mass is 248 g/mol. The van der Waals surface area contributed by atoms with E-state index in [0.717, 1.165) is 12.1 Å². The van der Waals surface area contributed by atoms with Crippen molar-refractivity contribution in [1.29, 1.82) is 0 Å². The molecule has 1 aliphatic rings. The summed E-state index contributed by atoms with van der Waals surface area (Å²) in [5.74, 6) is 0. The van der Waals surface area contributed by atoms with Crippen molar-refractivity contribution in [2.24, 2.45) is 0 Å². The van der Waals surface area contributed by atoms with Crippen LogP contribution in [-0.4, -0.2) is 41.6 Å². The predicted octanol–water partition coefficient (Wildman–Crippen LogP) is 1.15. The third-order valence-electron chi connectivity index (χ3n) is 3.36. The molecule has 2 heterocycles. The summed E-state index contributed by atoms with van der Waals surface area (Å²) in [4.78, 5) is 17.9. The summed E-state index contributed by atoms with van der Waals surface area (Å²) >= 11 is 0. The summed E-state index contributed by atoms with van der Waals surface area (Å²) in [5, 5.41) is 6.14. The molecule has 1 aromatic rings. The van der Waals surface area contributed by atoms with Crippen LogP contribution in [0.15, 0.2) is 24.5 Å². The first-order chi connectivity index (χ1) is 8.54. The molecule has 0 spiro atoms. The summed E-state index contributed by atoms with van der Waals surface area (Å²) in [6, 6.07) is 3.94. The summed E-state index contributed by atoms with van der Waals surface area (Å²) in [5.41, 5.74) is 0.904. The third-order valence-corrected chi connectivity index (χ3v) is 3.36. The topological polar surface area (TPSA) is 57.3 Å². The molecule has 1 saturated heterocycles. The van der Waals surface area contributed by atoms with Crippen LogP contribution in [0.2, 0.25) is 0 Å². The fourth-order valence-corrected chi connectivity index (χ4v) is 2.37. The first-order valence-corrected chi connectivity index (χ1v) is 6.17. The molecule has 0 saturated carbocycles. The van der Waals surface area contributed by atoms with Gasteiger partial charge in [-0.2, -0.15) is 0 Å². The SMILES string of the molecule is CNCC(C)(C)N1CC(c2ccncc2)NC1=O. The molecule has 1 aromatic heterocycles. The zero-order valence-electron chi connectivity index (χ0n) is 11.1. The number of rotatable bonds is 4. The molecule has 0 aromatic carbocycles. The lowest BCUT2D eigenvalue weighted by molar-refractivity contribution is 0.158.